The van der Waals surface area contributed by atoms with Crippen LogP contribution in [-0.4, -0.2) is 26.2 Å². The summed E-state index contributed by atoms with van der Waals surface area (Å²) in [6, 6.07) is 14.4. The number of para-hydroxylation sites is 1. The first-order valence-corrected chi connectivity index (χ1v) is 8.64. The van der Waals surface area contributed by atoms with E-state index < -0.39 is 0 Å². The van der Waals surface area contributed by atoms with Crippen molar-refractivity contribution in [2.45, 2.75) is 18.8 Å². The minimum absolute atomic E-state index is 0.0140. The fourth-order valence-electron chi connectivity index (χ4n) is 3.84. The van der Waals surface area contributed by atoms with Crippen LogP contribution in [0, 0.1) is 0 Å². The van der Waals surface area contributed by atoms with Crippen LogP contribution >= 0.6 is 0 Å². The molecule has 5 nitrogen and oxygen atoms in total. The fraction of sp³-hybridized carbons (Fsp3) is 0.136. The Morgan fingerprint density at radius 1 is 0.741 bits per heavy atom. The van der Waals surface area contributed by atoms with Gasteiger partial charge in [-0.1, -0.05) is 30.3 Å². The zero-order valence-electron chi connectivity index (χ0n) is 14.4. The number of benzene rings is 3. The van der Waals surface area contributed by atoms with Crippen LogP contribution in [0.15, 0.2) is 54.6 Å². The van der Waals surface area contributed by atoms with Gasteiger partial charge in [0.15, 0.2) is 5.78 Å². The van der Waals surface area contributed by atoms with E-state index >= 15 is 0 Å². The van der Waals surface area contributed by atoms with Crippen LogP contribution in [0.3, 0.4) is 0 Å². The molecule has 3 aromatic carbocycles. The van der Waals surface area contributed by atoms with Crippen molar-refractivity contribution in [2.24, 2.45) is 0 Å². The number of ketones is 1. The van der Waals surface area contributed by atoms with Crippen LogP contribution in [0.2, 0.25) is 0 Å². The molecule has 136 valence electrons. The maximum atomic E-state index is 12.8. The summed E-state index contributed by atoms with van der Waals surface area (Å²) in [7, 11) is 0. The molecule has 3 aromatic rings. The predicted octanol–water partition coefficient (Wildman–Crippen LogP) is 4.09. The molecule has 1 aliphatic rings. The third kappa shape index (κ3) is 2.87. The lowest BCUT2D eigenvalue weighted by molar-refractivity contribution is 0.0961. The molecule has 0 bridgehead atoms. The monoisotopic (exact) mass is 362 g/mol. The molecule has 27 heavy (non-hydrogen) atoms. The average Bonchev–Trinajstić information content (AvgIpc) is 2.63. The van der Waals surface area contributed by atoms with Gasteiger partial charge in [0.2, 0.25) is 0 Å². The Labute approximate surface area is 155 Å². The average molecular weight is 362 g/mol. The second-order valence-corrected chi connectivity index (χ2v) is 6.78. The summed E-state index contributed by atoms with van der Waals surface area (Å²) in [6.07, 6.45) is 0.633. The fourth-order valence-corrected chi connectivity index (χ4v) is 3.84. The minimum atomic E-state index is -0.254. The Morgan fingerprint density at radius 2 is 1.41 bits per heavy atom. The summed E-state index contributed by atoms with van der Waals surface area (Å²) >= 11 is 0. The standard InChI is InChI=1S/C22H18O5/c23-14-7-5-12(6-8-14)13-9-16-21(15-3-1-2-4-17(15)24)19(26)11-20(27)22(16)18(25)10-13/h1-8,11,13,23-24,26-27H,9-10H2/t13-/m0/s1. The van der Waals surface area contributed by atoms with Crippen molar-refractivity contribution in [2.75, 3.05) is 0 Å². The molecule has 0 aromatic heterocycles. The number of Topliss-reactive ketones (excluding diaryl/α,β-unsaturated/α-hetero) is 1. The van der Waals surface area contributed by atoms with Gasteiger partial charge in [-0.3, -0.25) is 4.79 Å². The Balaban J connectivity index is 1.90. The highest BCUT2D eigenvalue weighted by molar-refractivity contribution is 6.04. The second-order valence-electron chi connectivity index (χ2n) is 6.78. The van der Waals surface area contributed by atoms with Crippen molar-refractivity contribution in [3.8, 4) is 34.1 Å². The largest absolute Gasteiger partial charge is 0.508 e. The lowest BCUT2D eigenvalue weighted by Gasteiger charge is -2.27. The molecule has 5 heteroatoms. The van der Waals surface area contributed by atoms with Crippen molar-refractivity contribution in [1.29, 1.82) is 0 Å². The molecule has 0 saturated heterocycles. The summed E-state index contributed by atoms with van der Waals surface area (Å²) < 4.78 is 0. The van der Waals surface area contributed by atoms with Crippen molar-refractivity contribution in [3.63, 3.8) is 0 Å². The first kappa shape index (κ1) is 17.0. The number of carbonyl (C=O) groups is 1. The van der Waals surface area contributed by atoms with Crippen molar-refractivity contribution < 1.29 is 25.2 Å². The van der Waals surface area contributed by atoms with Crippen molar-refractivity contribution in [1.82, 2.24) is 0 Å². The van der Waals surface area contributed by atoms with Crippen molar-refractivity contribution >= 4 is 5.78 Å². The Hall–Kier alpha value is -3.47. The number of aromatic hydroxyl groups is 4. The molecule has 0 spiro atoms. The van der Waals surface area contributed by atoms with E-state index in [0.29, 0.717) is 23.1 Å². The molecule has 4 rings (SSSR count). The summed E-state index contributed by atoms with van der Waals surface area (Å²) in [5.41, 5.74) is 2.37. The van der Waals surface area contributed by atoms with Crippen LogP contribution < -0.4 is 0 Å². The van der Waals surface area contributed by atoms with E-state index in [1.165, 1.54) is 6.07 Å². The number of fused-ring (bicyclic) bond motifs is 1. The first-order chi connectivity index (χ1) is 13.0. The molecule has 0 saturated carbocycles. The topological polar surface area (TPSA) is 98.0 Å². The lowest BCUT2D eigenvalue weighted by atomic mass is 9.76. The molecule has 0 aliphatic heterocycles. The molecule has 0 unspecified atom stereocenters. The van der Waals surface area contributed by atoms with Gasteiger partial charge in [-0.2, -0.15) is 0 Å². The van der Waals surface area contributed by atoms with E-state index in [9.17, 15) is 25.2 Å². The molecule has 0 radical (unpaired) electrons. The Morgan fingerprint density at radius 3 is 2.11 bits per heavy atom. The summed E-state index contributed by atoms with van der Waals surface area (Å²) in [4.78, 5) is 12.8. The van der Waals surface area contributed by atoms with Gasteiger partial charge in [0.1, 0.15) is 23.0 Å². The van der Waals surface area contributed by atoms with Gasteiger partial charge in [0, 0.05) is 23.6 Å². The smallest absolute Gasteiger partial charge is 0.167 e. The number of rotatable bonds is 2. The summed E-state index contributed by atoms with van der Waals surface area (Å²) in [5, 5.41) is 40.5. The van der Waals surface area contributed by atoms with E-state index in [0.717, 1.165) is 11.6 Å². The minimum Gasteiger partial charge on any atom is -0.508 e. The van der Waals surface area contributed by atoms with Crippen LogP contribution in [-0.2, 0) is 6.42 Å². The number of phenolic OH excluding ortho intramolecular Hbond substituents is 4. The third-order valence-electron chi connectivity index (χ3n) is 5.09. The van der Waals surface area contributed by atoms with E-state index in [1.54, 1.807) is 42.5 Å². The molecular weight excluding hydrogens is 344 g/mol. The van der Waals surface area contributed by atoms with E-state index in [1.807, 2.05) is 0 Å². The van der Waals surface area contributed by atoms with Crippen molar-refractivity contribution in [3.05, 3.63) is 71.3 Å². The SMILES string of the molecule is O=C1C[C@@H](c2ccc(O)cc2)Cc2c1c(O)cc(O)c2-c1ccccc1O. The Bertz CT molecular complexity index is 1040. The highest BCUT2D eigenvalue weighted by atomic mass is 16.3. The highest BCUT2D eigenvalue weighted by Crippen LogP contribution is 2.47. The second kappa shape index (κ2) is 6.36. The zero-order valence-corrected chi connectivity index (χ0v) is 14.4. The first-order valence-electron chi connectivity index (χ1n) is 8.64. The highest BCUT2D eigenvalue weighted by Gasteiger charge is 2.33. The lowest BCUT2D eigenvalue weighted by Crippen LogP contribution is -2.20. The van der Waals surface area contributed by atoms with Gasteiger partial charge in [-0.25, -0.2) is 0 Å². The molecule has 1 atom stereocenters. The van der Waals surface area contributed by atoms with Crippen LogP contribution in [0.4, 0.5) is 0 Å². The maximum absolute atomic E-state index is 12.8. The molecule has 0 fully saturated rings. The van der Waals surface area contributed by atoms with E-state index in [2.05, 4.69) is 0 Å². The van der Waals surface area contributed by atoms with Gasteiger partial charge >= 0.3 is 0 Å². The molecule has 0 amide bonds. The van der Waals surface area contributed by atoms with Crippen LogP contribution in [0.5, 0.6) is 23.0 Å². The normalized spacial score (nSPS) is 16.1. The molecule has 1 aliphatic carbocycles. The third-order valence-corrected chi connectivity index (χ3v) is 5.09. The van der Waals surface area contributed by atoms with Gasteiger partial charge in [-0.15, -0.1) is 0 Å². The summed E-state index contributed by atoms with van der Waals surface area (Å²) in [6.45, 7) is 0. The zero-order chi connectivity index (χ0) is 19.1. The van der Waals surface area contributed by atoms with E-state index in [4.69, 9.17) is 0 Å². The van der Waals surface area contributed by atoms with Crippen LogP contribution in [0.1, 0.15) is 33.8 Å². The number of hydrogen-bond donors (Lipinski definition) is 4. The molecule has 4 N–H and O–H groups in total. The summed E-state index contributed by atoms with van der Waals surface area (Å²) in [5.74, 6) is -0.686. The maximum Gasteiger partial charge on any atom is 0.167 e. The predicted molar refractivity (Wildman–Crippen MR) is 100 cm³/mol. The van der Waals surface area contributed by atoms with Crippen LogP contribution in [0.25, 0.3) is 11.1 Å². The quantitative estimate of drug-likeness (QED) is 0.550. The van der Waals surface area contributed by atoms with Gasteiger partial charge in [-0.05, 0) is 41.7 Å². The number of hydrogen-bond acceptors (Lipinski definition) is 5. The van der Waals surface area contributed by atoms with E-state index in [-0.39, 0.29) is 46.7 Å². The van der Waals surface area contributed by atoms with Gasteiger partial charge in [0.25, 0.3) is 0 Å². The molecular formula is C22H18O5. The number of carbonyl (C=O) groups excluding carboxylic acids is 1. The number of phenols is 4. The van der Waals surface area contributed by atoms with Gasteiger partial charge < -0.3 is 20.4 Å². The van der Waals surface area contributed by atoms with Gasteiger partial charge in [0.05, 0.1) is 5.56 Å². The Kier molecular flexibility index (Phi) is 4.00. The molecule has 0 heterocycles.